The summed E-state index contributed by atoms with van der Waals surface area (Å²) in [5, 5.41) is 0. The van der Waals surface area contributed by atoms with E-state index in [4.69, 9.17) is 0 Å². The molecule has 0 N–H and O–H groups in total. The normalized spacial score (nSPS) is 10.2. The number of halogens is 3. The van der Waals surface area contributed by atoms with E-state index >= 15 is 0 Å². The molecule has 0 atom stereocenters. The number of benzene rings is 1. The van der Waals surface area contributed by atoms with Crippen LogP contribution in [-0.4, -0.2) is 0 Å². The fraction of sp³-hybridized carbons (Fsp3) is 0.250. The molecule has 60 valence electrons. The molecule has 0 aromatic heterocycles. The van der Waals surface area contributed by atoms with Crippen molar-refractivity contribution in [2.45, 2.75) is 13.3 Å². The van der Waals surface area contributed by atoms with Crippen molar-refractivity contribution in [3.05, 3.63) is 32.9 Å². The average Bonchev–Trinajstić information content (AvgIpc) is 1.97. The largest absolute Gasteiger partial charge is 0.207 e. The molecule has 0 radical (unpaired) electrons. The van der Waals surface area contributed by atoms with Gasteiger partial charge in [-0.25, -0.2) is 8.78 Å². The molecule has 11 heavy (non-hydrogen) atoms. The Morgan fingerprint density at radius 2 is 1.91 bits per heavy atom. The highest BCUT2D eigenvalue weighted by atomic mass is 127. The third kappa shape index (κ3) is 1.89. The zero-order valence-corrected chi connectivity index (χ0v) is 8.15. The monoisotopic (exact) mass is 268 g/mol. The lowest BCUT2D eigenvalue weighted by Crippen LogP contribution is -1.92. The van der Waals surface area contributed by atoms with Crippen molar-refractivity contribution in [2.75, 3.05) is 0 Å². The molecule has 0 heterocycles. The Morgan fingerprint density at radius 1 is 1.27 bits per heavy atom. The predicted octanol–water partition coefficient (Wildman–Crippen LogP) is 3.13. The van der Waals surface area contributed by atoms with Gasteiger partial charge in [0.2, 0.25) is 0 Å². The van der Waals surface area contributed by atoms with Gasteiger partial charge in [-0.05, 0) is 46.7 Å². The molecule has 1 aromatic carbocycles. The minimum absolute atomic E-state index is 0.321. The molecule has 0 aliphatic rings. The maximum absolute atomic E-state index is 12.9. The SMILES string of the molecule is CCc1cc(F)c(I)cc1F. The van der Waals surface area contributed by atoms with E-state index in [2.05, 4.69) is 0 Å². The summed E-state index contributed by atoms with van der Waals surface area (Å²) in [4.78, 5) is 0. The smallest absolute Gasteiger partial charge is 0.137 e. The maximum atomic E-state index is 12.9. The molecule has 0 saturated heterocycles. The van der Waals surface area contributed by atoms with Gasteiger partial charge >= 0.3 is 0 Å². The van der Waals surface area contributed by atoms with Gasteiger partial charge in [0.05, 0.1) is 3.57 Å². The second-order valence-corrected chi connectivity index (χ2v) is 3.37. The maximum Gasteiger partial charge on any atom is 0.137 e. The zero-order chi connectivity index (χ0) is 8.43. The summed E-state index contributed by atoms with van der Waals surface area (Å²) in [5.74, 6) is -0.665. The minimum atomic E-state index is -0.344. The summed E-state index contributed by atoms with van der Waals surface area (Å²) in [6, 6.07) is 2.46. The number of hydrogen-bond donors (Lipinski definition) is 0. The Balaban J connectivity index is 3.21. The molecule has 0 aliphatic carbocycles. The minimum Gasteiger partial charge on any atom is -0.207 e. The van der Waals surface area contributed by atoms with E-state index in [0.717, 1.165) is 0 Å². The van der Waals surface area contributed by atoms with Crippen LogP contribution in [0.25, 0.3) is 0 Å². The molecule has 0 spiro atoms. The van der Waals surface area contributed by atoms with Crippen molar-refractivity contribution in [2.24, 2.45) is 0 Å². The third-order valence-corrected chi connectivity index (χ3v) is 2.30. The number of hydrogen-bond acceptors (Lipinski definition) is 0. The molecule has 3 heteroatoms. The standard InChI is InChI=1S/C8H7F2I/c1-2-5-3-7(10)8(11)4-6(5)9/h3-4H,2H2,1H3. The zero-order valence-electron chi connectivity index (χ0n) is 6.00. The molecule has 0 fully saturated rings. The summed E-state index contributed by atoms with van der Waals surface area (Å²) in [7, 11) is 0. The first-order valence-electron chi connectivity index (χ1n) is 3.28. The molecule has 0 amide bonds. The van der Waals surface area contributed by atoms with E-state index in [-0.39, 0.29) is 11.6 Å². The van der Waals surface area contributed by atoms with Gasteiger partial charge < -0.3 is 0 Å². The highest BCUT2D eigenvalue weighted by Crippen LogP contribution is 2.16. The summed E-state index contributed by atoms with van der Waals surface area (Å²) < 4.78 is 26.0. The highest BCUT2D eigenvalue weighted by Gasteiger charge is 2.05. The van der Waals surface area contributed by atoms with Gasteiger partial charge in [-0.15, -0.1) is 0 Å². The van der Waals surface area contributed by atoms with Crippen molar-refractivity contribution in [1.82, 2.24) is 0 Å². The van der Waals surface area contributed by atoms with Crippen molar-refractivity contribution < 1.29 is 8.78 Å². The van der Waals surface area contributed by atoms with Crippen LogP contribution >= 0.6 is 22.6 Å². The lowest BCUT2D eigenvalue weighted by molar-refractivity contribution is 0.581. The van der Waals surface area contributed by atoms with Gasteiger partial charge in [0, 0.05) is 0 Å². The second kappa shape index (κ2) is 3.47. The van der Waals surface area contributed by atoms with Crippen molar-refractivity contribution in [3.8, 4) is 0 Å². The van der Waals surface area contributed by atoms with E-state index < -0.39 is 0 Å². The molecular weight excluding hydrogens is 261 g/mol. The van der Waals surface area contributed by atoms with Crippen LogP contribution in [0.5, 0.6) is 0 Å². The predicted molar refractivity (Wildman–Crippen MR) is 48.5 cm³/mol. The second-order valence-electron chi connectivity index (χ2n) is 2.21. The molecule has 0 saturated carbocycles. The topological polar surface area (TPSA) is 0 Å². The van der Waals surface area contributed by atoms with Crippen LogP contribution in [0.15, 0.2) is 12.1 Å². The first kappa shape index (κ1) is 8.90. The Hall–Kier alpha value is -0.190. The van der Waals surface area contributed by atoms with Crippen LogP contribution in [-0.2, 0) is 6.42 Å². The lowest BCUT2D eigenvalue weighted by Gasteiger charge is -2.00. The number of aryl methyl sites for hydroxylation is 1. The van der Waals surface area contributed by atoms with Crippen LogP contribution in [0.2, 0.25) is 0 Å². The Bertz CT molecular complexity index is 271. The summed E-state index contributed by atoms with van der Waals surface area (Å²) in [6.07, 6.45) is 0.527. The molecule has 1 aromatic rings. The van der Waals surface area contributed by atoms with Crippen molar-refractivity contribution in [3.63, 3.8) is 0 Å². The van der Waals surface area contributed by atoms with Crippen LogP contribution in [0, 0.1) is 15.2 Å². The van der Waals surface area contributed by atoms with Gasteiger partial charge in [0.15, 0.2) is 0 Å². The Kier molecular flexibility index (Phi) is 2.81. The van der Waals surface area contributed by atoms with Crippen molar-refractivity contribution >= 4 is 22.6 Å². The van der Waals surface area contributed by atoms with E-state index in [0.29, 0.717) is 15.6 Å². The average molecular weight is 268 g/mol. The molecule has 1 rings (SSSR count). The van der Waals surface area contributed by atoms with Crippen molar-refractivity contribution in [1.29, 1.82) is 0 Å². The molecule has 0 unspecified atom stereocenters. The third-order valence-electron chi connectivity index (χ3n) is 1.47. The van der Waals surface area contributed by atoms with Gasteiger partial charge in [0.1, 0.15) is 11.6 Å². The van der Waals surface area contributed by atoms with Crippen LogP contribution in [0.4, 0.5) is 8.78 Å². The fourth-order valence-corrected chi connectivity index (χ4v) is 1.26. The first-order valence-corrected chi connectivity index (χ1v) is 4.36. The molecule has 0 nitrogen and oxygen atoms in total. The molecular formula is C8H7F2I. The van der Waals surface area contributed by atoms with E-state index in [9.17, 15) is 8.78 Å². The quantitative estimate of drug-likeness (QED) is 0.542. The van der Waals surface area contributed by atoms with E-state index in [1.807, 2.05) is 0 Å². The van der Waals surface area contributed by atoms with Crippen LogP contribution in [0.3, 0.4) is 0 Å². The van der Waals surface area contributed by atoms with Gasteiger partial charge in [-0.1, -0.05) is 6.92 Å². The summed E-state index contributed by atoms with van der Waals surface area (Å²) >= 11 is 1.77. The summed E-state index contributed by atoms with van der Waals surface area (Å²) in [5.41, 5.74) is 0.433. The summed E-state index contributed by atoms with van der Waals surface area (Å²) in [6.45, 7) is 1.80. The van der Waals surface area contributed by atoms with E-state index in [1.165, 1.54) is 12.1 Å². The fourth-order valence-electron chi connectivity index (χ4n) is 0.835. The van der Waals surface area contributed by atoms with Gasteiger partial charge in [-0.2, -0.15) is 0 Å². The molecule has 0 aliphatic heterocycles. The Labute approximate surface area is 77.8 Å². The number of rotatable bonds is 1. The first-order chi connectivity index (χ1) is 5.15. The van der Waals surface area contributed by atoms with Gasteiger partial charge in [0.25, 0.3) is 0 Å². The lowest BCUT2D eigenvalue weighted by atomic mass is 10.1. The van der Waals surface area contributed by atoms with Gasteiger partial charge in [-0.3, -0.25) is 0 Å². The van der Waals surface area contributed by atoms with Crippen LogP contribution in [0.1, 0.15) is 12.5 Å². The Morgan fingerprint density at radius 3 is 2.45 bits per heavy atom. The highest BCUT2D eigenvalue weighted by molar-refractivity contribution is 14.1. The van der Waals surface area contributed by atoms with Crippen LogP contribution < -0.4 is 0 Å². The van der Waals surface area contributed by atoms with E-state index in [1.54, 1.807) is 29.5 Å². The molecule has 0 bridgehead atoms.